The lowest BCUT2D eigenvalue weighted by Crippen LogP contribution is -2.64. The van der Waals surface area contributed by atoms with Crippen LogP contribution in [0, 0.1) is 62.6 Å². The predicted octanol–water partition coefficient (Wildman–Crippen LogP) is 8.78. The minimum atomic E-state index is -1.12. The lowest BCUT2D eigenvalue weighted by molar-refractivity contribution is -0.208. The average Bonchev–Trinajstić information content (AvgIpc) is 3.29. The van der Waals surface area contributed by atoms with Gasteiger partial charge in [-0.1, -0.05) is 45.8 Å². The number of hydrogen-bond acceptors (Lipinski definition) is 5. The third kappa shape index (κ3) is 4.53. The van der Waals surface area contributed by atoms with Gasteiger partial charge in [0.15, 0.2) is 5.41 Å². The number of esters is 2. The van der Waals surface area contributed by atoms with Crippen molar-refractivity contribution in [3.63, 3.8) is 0 Å². The molecular formula is C40H63NO4. The average molecular weight is 622 g/mol. The number of carbonyl (C=O) groups excluding carboxylic acids is 2. The largest absolute Gasteiger partial charge is 0.462 e. The Bertz CT molecular complexity index is 1230. The Hall–Kier alpha value is -1.36. The van der Waals surface area contributed by atoms with Crippen LogP contribution in [0.5, 0.6) is 0 Å². The van der Waals surface area contributed by atoms with Crippen molar-refractivity contribution in [3.8, 4) is 0 Å². The highest BCUT2D eigenvalue weighted by molar-refractivity contribution is 6.01. The van der Waals surface area contributed by atoms with E-state index in [4.69, 9.17) is 15.2 Å². The highest BCUT2D eigenvalue weighted by Crippen LogP contribution is 2.75. The summed E-state index contributed by atoms with van der Waals surface area (Å²) in [6, 6.07) is 0. The molecule has 0 saturated heterocycles. The van der Waals surface area contributed by atoms with Gasteiger partial charge < -0.3 is 15.2 Å². The van der Waals surface area contributed by atoms with Crippen LogP contribution in [0.2, 0.25) is 0 Å². The van der Waals surface area contributed by atoms with E-state index in [1.54, 1.807) is 5.57 Å². The van der Waals surface area contributed by atoms with Crippen LogP contribution in [0.3, 0.4) is 0 Å². The van der Waals surface area contributed by atoms with Crippen LogP contribution < -0.4 is 5.73 Å². The normalized spacial score (nSPS) is 44.1. The first-order valence-electron chi connectivity index (χ1n) is 18.9. The molecule has 0 radical (unpaired) electrons. The molecule has 45 heavy (non-hydrogen) atoms. The fourth-order valence-electron chi connectivity index (χ4n) is 14.3. The maximum atomic E-state index is 13.2. The van der Waals surface area contributed by atoms with E-state index in [2.05, 4.69) is 33.8 Å². The van der Waals surface area contributed by atoms with E-state index in [0.29, 0.717) is 35.5 Å². The number of fused-ring (bicyclic) bond motifs is 7. The van der Waals surface area contributed by atoms with Gasteiger partial charge in [0.2, 0.25) is 0 Å². The van der Waals surface area contributed by atoms with Crippen LogP contribution in [0.15, 0.2) is 11.6 Å². The number of rotatable bonds is 5. The minimum Gasteiger partial charge on any atom is -0.462 e. The molecule has 6 saturated carbocycles. The summed E-state index contributed by atoms with van der Waals surface area (Å²) in [5.41, 5.74) is 8.81. The lowest BCUT2D eigenvalue weighted by Gasteiger charge is -2.69. The number of allylic oxidation sites excluding steroid dienone is 2. The molecule has 1 spiro atoms. The number of hydrogen-bond donors (Lipinski definition) is 1. The number of ether oxygens (including phenoxy) is 2. The Balaban J connectivity index is 1.07. The van der Waals surface area contributed by atoms with E-state index >= 15 is 0 Å². The molecule has 0 aromatic carbocycles. The van der Waals surface area contributed by atoms with Crippen LogP contribution in [-0.2, 0) is 19.1 Å². The van der Waals surface area contributed by atoms with Crippen LogP contribution in [0.1, 0.15) is 145 Å². The van der Waals surface area contributed by atoms with E-state index < -0.39 is 5.41 Å². The van der Waals surface area contributed by atoms with Gasteiger partial charge in [-0.15, -0.1) is 0 Å². The number of nitrogens with two attached hydrogens (primary N) is 1. The van der Waals surface area contributed by atoms with Crippen molar-refractivity contribution in [2.45, 2.75) is 163 Å². The molecule has 0 bridgehead atoms. The second kappa shape index (κ2) is 10.3. The van der Waals surface area contributed by atoms with E-state index in [1.165, 1.54) is 64.2 Å². The molecule has 6 fully saturated rings. The van der Waals surface area contributed by atoms with Gasteiger partial charge in [0, 0.05) is 5.54 Å². The summed E-state index contributed by atoms with van der Waals surface area (Å²) in [5.74, 6) is 3.79. The minimum absolute atomic E-state index is 0.0668. The monoisotopic (exact) mass is 621 g/mol. The molecule has 252 valence electrons. The third-order valence-electron chi connectivity index (χ3n) is 15.8. The smallest absolute Gasteiger partial charge is 0.323 e. The molecule has 0 aromatic rings. The van der Waals surface area contributed by atoms with Crippen LogP contribution in [-0.4, -0.2) is 29.7 Å². The van der Waals surface area contributed by atoms with Gasteiger partial charge in [-0.3, -0.25) is 9.59 Å². The molecule has 8 atom stereocenters. The summed E-state index contributed by atoms with van der Waals surface area (Å²) >= 11 is 0. The first-order valence-corrected chi connectivity index (χ1v) is 18.9. The van der Waals surface area contributed by atoms with Crippen molar-refractivity contribution >= 4 is 11.9 Å². The zero-order chi connectivity index (χ0) is 32.4. The zero-order valence-electron chi connectivity index (χ0n) is 29.8. The molecule has 7 unspecified atom stereocenters. The second-order valence-electron chi connectivity index (χ2n) is 19.3. The fourth-order valence-corrected chi connectivity index (χ4v) is 14.3. The van der Waals surface area contributed by atoms with Gasteiger partial charge >= 0.3 is 11.9 Å². The molecule has 0 aromatic heterocycles. The van der Waals surface area contributed by atoms with Crippen molar-refractivity contribution in [3.05, 3.63) is 11.6 Å². The topological polar surface area (TPSA) is 78.6 Å². The van der Waals surface area contributed by atoms with Gasteiger partial charge in [-0.25, -0.2) is 0 Å². The summed E-state index contributed by atoms with van der Waals surface area (Å²) < 4.78 is 11.2. The van der Waals surface area contributed by atoms with Crippen LogP contribution >= 0.6 is 0 Å². The van der Waals surface area contributed by atoms with Gasteiger partial charge in [0.1, 0.15) is 0 Å². The maximum Gasteiger partial charge on any atom is 0.323 e. The van der Waals surface area contributed by atoms with Crippen molar-refractivity contribution in [1.29, 1.82) is 0 Å². The highest BCUT2D eigenvalue weighted by atomic mass is 16.6. The summed E-state index contributed by atoms with van der Waals surface area (Å²) in [4.78, 5) is 26.5. The predicted molar refractivity (Wildman–Crippen MR) is 178 cm³/mol. The van der Waals surface area contributed by atoms with Gasteiger partial charge in [-0.2, -0.15) is 0 Å². The van der Waals surface area contributed by atoms with Gasteiger partial charge in [-0.05, 0) is 168 Å². The molecule has 0 heterocycles. The first kappa shape index (κ1) is 32.2. The Labute approximate surface area is 273 Å². The molecule has 7 aliphatic carbocycles. The Morgan fingerprint density at radius 3 is 2.04 bits per heavy atom. The fraction of sp³-hybridized carbons (Fsp3) is 0.900. The van der Waals surface area contributed by atoms with Crippen LogP contribution in [0.25, 0.3) is 0 Å². The summed E-state index contributed by atoms with van der Waals surface area (Å²) in [6.45, 7) is 17.9. The SMILES string of the molecule is CC(C)OC(=O)C1(C(=O)OC(C)C)CC2(CC(C3=CCC4(C)C(CCC5(C)C6CCC7(N)CCC[C@@H]7C6CCC54)C3(C)C)C2)C1. The van der Waals surface area contributed by atoms with Crippen molar-refractivity contribution in [1.82, 2.24) is 0 Å². The standard InChI is InChI=1S/C40H63NO4/c1-24(2)44-33(42)39(34(43)45-25(3)4)22-38(23-39)20-26(21-38)28-13-17-37(8)31(35(28,5)6)15-18-36(7)29-14-19-40(41)16-9-10-30(40)27(29)11-12-32(36)37/h13,24-27,29-32H,9-12,14-23,41H2,1-8H3/t27?,29?,30-,31?,32?,36?,37?,40?/m1/s1. The molecular weight excluding hydrogens is 558 g/mol. The van der Waals surface area contributed by atoms with E-state index in [-0.39, 0.29) is 40.5 Å². The number of carbonyl (C=O) groups is 2. The molecule has 7 aliphatic rings. The summed E-state index contributed by atoms with van der Waals surface area (Å²) in [6.07, 6.45) is 18.9. The first-order chi connectivity index (χ1) is 21.0. The van der Waals surface area contributed by atoms with E-state index in [1.807, 2.05) is 27.7 Å². The van der Waals surface area contributed by atoms with Crippen molar-refractivity contribution in [2.24, 2.45) is 68.3 Å². The molecule has 0 aliphatic heterocycles. The second-order valence-corrected chi connectivity index (χ2v) is 19.3. The summed E-state index contributed by atoms with van der Waals surface area (Å²) in [7, 11) is 0. The Morgan fingerprint density at radius 2 is 1.42 bits per heavy atom. The van der Waals surface area contributed by atoms with E-state index in [9.17, 15) is 9.59 Å². The Kier molecular flexibility index (Phi) is 7.38. The molecule has 2 N–H and O–H groups in total. The molecule has 5 heteroatoms. The van der Waals surface area contributed by atoms with Gasteiger partial charge in [0.05, 0.1) is 12.2 Å². The zero-order valence-corrected chi connectivity index (χ0v) is 29.8. The maximum absolute atomic E-state index is 13.2. The van der Waals surface area contributed by atoms with Crippen molar-refractivity contribution < 1.29 is 19.1 Å². The quantitative estimate of drug-likeness (QED) is 0.189. The van der Waals surface area contributed by atoms with Crippen LogP contribution in [0.4, 0.5) is 0 Å². The van der Waals surface area contributed by atoms with Gasteiger partial charge in [0.25, 0.3) is 0 Å². The molecule has 7 rings (SSSR count). The van der Waals surface area contributed by atoms with Crippen molar-refractivity contribution in [2.75, 3.05) is 0 Å². The molecule has 5 nitrogen and oxygen atoms in total. The highest BCUT2D eigenvalue weighted by Gasteiger charge is 2.70. The summed E-state index contributed by atoms with van der Waals surface area (Å²) in [5, 5.41) is 0. The van der Waals surface area contributed by atoms with E-state index in [0.717, 1.165) is 36.5 Å². The Morgan fingerprint density at radius 1 is 0.778 bits per heavy atom. The lowest BCUT2D eigenvalue weighted by atomic mass is 9.35. The molecule has 0 amide bonds. The third-order valence-corrected chi connectivity index (χ3v) is 15.8.